The molecule has 0 saturated heterocycles. The Balaban J connectivity index is 0.000000149. The highest BCUT2D eigenvalue weighted by Gasteiger charge is 2.46. The quantitative estimate of drug-likeness (QED) is 0.0532. The van der Waals surface area contributed by atoms with Crippen LogP contribution in [0, 0.1) is 3.57 Å². The van der Waals surface area contributed by atoms with Crippen LogP contribution in [-0.2, 0) is 33.6 Å². The second kappa shape index (κ2) is 23.8. The van der Waals surface area contributed by atoms with E-state index in [4.69, 9.17) is 58.0 Å². The molecule has 0 saturated carbocycles. The Bertz CT molecular complexity index is 3520. The fraction of sp³-hybridized carbons (Fsp3) is 0.278. The van der Waals surface area contributed by atoms with Crippen LogP contribution >= 0.6 is 80.6 Å². The first-order valence-electron chi connectivity index (χ1n) is 24.1. The molecule has 2 aromatic carbocycles. The SMILES string of the molecule is CC(C)[Si](C(C)C)(C(C)C)n1cc(I)c2cc(Cl)cnc21.Cn1nc(NCc2cccc(Cl)c2)cc1C(O)c1c[nH]c2ncc(Cl)cc12.Cn1nc(NCc2cccc(Cl)c2)cc1Cc1c[nH]c2ncc(Cl)cc12. The van der Waals surface area contributed by atoms with Crippen LogP contribution in [0.1, 0.15) is 81.3 Å². The van der Waals surface area contributed by atoms with Crippen LogP contribution in [-0.4, -0.2) is 62.1 Å². The number of halogens is 6. The van der Waals surface area contributed by atoms with E-state index >= 15 is 0 Å². The normalized spacial score (nSPS) is 12.2. The number of nitrogens with one attached hydrogen (secondary N) is 4. The van der Waals surface area contributed by atoms with E-state index in [1.165, 1.54) is 8.96 Å². The molecule has 5 N–H and O–H groups in total. The number of fused-ring (bicyclic) bond motifs is 3. The van der Waals surface area contributed by atoms with Crippen molar-refractivity contribution in [2.75, 3.05) is 10.6 Å². The topological polar surface area (TPSA) is 155 Å². The minimum Gasteiger partial charge on any atom is -0.382 e. The molecular weight excluding hydrogens is 1160 g/mol. The first-order chi connectivity index (χ1) is 35.3. The van der Waals surface area contributed by atoms with E-state index in [1.54, 1.807) is 42.6 Å². The van der Waals surface area contributed by atoms with E-state index in [2.05, 4.69) is 126 Å². The van der Waals surface area contributed by atoms with Crippen LogP contribution in [0.4, 0.5) is 11.6 Å². The number of aryl methyl sites for hydroxylation is 2. The molecule has 10 rings (SSSR count). The first-order valence-corrected chi connectivity index (χ1v) is 29.2. The Hall–Kier alpha value is -5.11. The first kappa shape index (κ1) is 55.1. The molecular formula is C54H58Cl5IN12OSi. The van der Waals surface area contributed by atoms with Gasteiger partial charge in [0.2, 0.25) is 0 Å². The van der Waals surface area contributed by atoms with Crippen molar-refractivity contribution < 1.29 is 5.11 Å². The number of aliphatic hydroxyl groups is 1. The van der Waals surface area contributed by atoms with Crippen molar-refractivity contribution >= 4 is 134 Å². The highest BCUT2D eigenvalue weighted by Crippen LogP contribution is 2.45. The van der Waals surface area contributed by atoms with E-state index in [-0.39, 0.29) is 0 Å². The second-order valence-electron chi connectivity index (χ2n) is 19.1. The summed E-state index contributed by atoms with van der Waals surface area (Å²) in [7, 11) is 1.98. The maximum Gasteiger partial charge on any atom is 0.171 e. The molecule has 1 atom stereocenters. The number of aromatic nitrogens is 10. The Morgan fingerprint density at radius 1 is 0.622 bits per heavy atom. The van der Waals surface area contributed by atoms with E-state index < -0.39 is 14.3 Å². The Labute approximate surface area is 470 Å². The molecule has 0 spiro atoms. The third-order valence-corrected chi connectivity index (χ3v) is 22.1. The Morgan fingerprint density at radius 3 is 1.72 bits per heavy atom. The van der Waals surface area contributed by atoms with Crippen LogP contribution in [0.3, 0.4) is 0 Å². The maximum atomic E-state index is 10.9. The van der Waals surface area contributed by atoms with Crippen molar-refractivity contribution in [3.8, 4) is 0 Å². The highest BCUT2D eigenvalue weighted by molar-refractivity contribution is 14.1. The number of H-pyrrole nitrogens is 2. The predicted molar refractivity (Wildman–Crippen MR) is 317 cm³/mol. The number of benzene rings is 2. The van der Waals surface area contributed by atoms with Crippen molar-refractivity contribution in [1.82, 2.24) is 48.7 Å². The number of aromatic amines is 2. The fourth-order valence-corrected chi connectivity index (χ4v) is 18.6. The van der Waals surface area contributed by atoms with E-state index in [0.29, 0.717) is 72.5 Å². The summed E-state index contributed by atoms with van der Waals surface area (Å²) in [5.74, 6) is 1.50. The van der Waals surface area contributed by atoms with Gasteiger partial charge in [-0.15, -0.1) is 0 Å². The molecule has 8 aromatic heterocycles. The van der Waals surface area contributed by atoms with Gasteiger partial charge in [-0.25, -0.2) is 15.0 Å². The number of rotatable bonds is 14. The summed E-state index contributed by atoms with van der Waals surface area (Å²) in [5.41, 5.74) is 10.3. The molecule has 386 valence electrons. The van der Waals surface area contributed by atoms with Crippen LogP contribution in [0.5, 0.6) is 0 Å². The fourth-order valence-electron chi connectivity index (χ4n) is 10.2. The summed E-state index contributed by atoms with van der Waals surface area (Å²) in [6.07, 6.45) is 10.9. The van der Waals surface area contributed by atoms with Gasteiger partial charge >= 0.3 is 0 Å². The van der Waals surface area contributed by atoms with Gasteiger partial charge in [-0.05, 0) is 98.4 Å². The van der Waals surface area contributed by atoms with Crippen LogP contribution in [0.25, 0.3) is 33.1 Å². The van der Waals surface area contributed by atoms with Gasteiger partial charge in [0, 0.05) is 124 Å². The predicted octanol–water partition coefficient (Wildman–Crippen LogP) is 15.4. The molecule has 0 amide bonds. The van der Waals surface area contributed by atoms with Gasteiger partial charge < -0.3 is 29.9 Å². The number of aliphatic hydroxyl groups excluding tert-OH is 1. The zero-order valence-corrected chi connectivity index (χ0v) is 49.1. The van der Waals surface area contributed by atoms with Gasteiger partial charge in [0.15, 0.2) is 8.24 Å². The van der Waals surface area contributed by atoms with Gasteiger partial charge in [0.1, 0.15) is 34.7 Å². The van der Waals surface area contributed by atoms with E-state index in [0.717, 1.165) is 61.7 Å². The largest absolute Gasteiger partial charge is 0.382 e. The molecule has 8 heterocycles. The lowest BCUT2D eigenvalue weighted by molar-refractivity contribution is 0.211. The van der Waals surface area contributed by atoms with Gasteiger partial charge in [-0.1, -0.05) is 124 Å². The van der Waals surface area contributed by atoms with Crippen LogP contribution < -0.4 is 10.6 Å². The number of hydrogen-bond acceptors (Lipinski definition) is 8. The van der Waals surface area contributed by atoms with Gasteiger partial charge in [0.05, 0.1) is 20.8 Å². The average molecular weight is 1220 g/mol. The third kappa shape index (κ3) is 12.3. The molecule has 10 aromatic rings. The number of hydrogen-bond donors (Lipinski definition) is 5. The molecule has 0 aliphatic carbocycles. The summed E-state index contributed by atoms with van der Waals surface area (Å²) in [4.78, 5) is 19.5. The molecule has 13 nitrogen and oxygen atoms in total. The van der Waals surface area contributed by atoms with Crippen molar-refractivity contribution in [1.29, 1.82) is 0 Å². The third-order valence-electron chi connectivity index (χ3n) is 13.4. The summed E-state index contributed by atoms with van der Waals surface area (Å²) in [6, 6.07) is 25.1. The minimum atomic E-state index is -1.76. The molecule has 1 unspecified atom stereocenters. The van der Waals surface area contributed by atoms with Crippen LogP contribution in [0.15, 0.2) is 116 Å². The summed E-state index contributed by atoms with van der Waals surface area (Å²) in [6.45, 7) is 15.5. The molecule has 0 fully saturated rings. The van der Waals surface area contributed by atoms with Gasteiger partial charge in [0.25, 0.3) is 0 Å². The summed E-state index contributed by atoms with van der Waals surface area (Å²) in [5, 5.41) is 32.8. The molecule has 0 aliphatic heterocycles. The Kier molecular flexibility index (Phi) is 17.8. The number of nitrogens with zero attached hydrogens (tertiary/aromatic N) is 8. The summed E-state index contributed by atoms with van der Waals surface area (Å²) < 4.78 is 7.33. The minimum absolute atomic E-state index is 0.518. The lowest BCUT2D eigenvalue weighted by atomic mass is 10.1. The molecule has 0 aliphatic rings. The van der Waals surface area contributed by atoms with Crippen molar-refractivity contribution in [2.45, 2.75) is 83.8 Å². The van der Waals surface area contributed by atoms with Crippen molar-refractivity contribution in [3.05, 3.63) is 178 Å². The molecule has 0 bridgehead atoms. The van der Waals surface area contributed by atoms with Crippen molar-refractivity contribution in [3.63, 3.8) is 0 Å². The average Bonchev–Trinajstić information content (AvgIpc) is 4.19. The van der Waals surface area contributed by atoms with E-state index in [9.17, 15) is 5.11 Å². The molecule has 74 heavy (non-hydrogen) atoms. The summed E-state index contributed by atoms with van der Waals surface area (Å²) >= 11 is 32.7. The lowest BCUT2D eigenvalue weighted by Gasteiger charge is -2.44. The zero-order valence-electron chi connectivity index (χ0n) is 42.2. The molecule has 20 heteroatoms. The highest BCUT2D eigenvalue weighted by atomic mass is 127. The smallest absolute Gasteiger partial charge is 0.171 e. The van der Waals surface area contributed by atoms with Crippen LogP contribution in [0.2, 0.25) is 41.7 Å². The Morgan fingerprint density at radius 2 is 1.14 bits per heavy atom. The van der Waals surface area contributed by atoms with E-state index in [1.807, 2.05) is 84.7 Å². The van der Waals surface area contributed by atoms with Gasteiger partial charge in [-0.2, -0.15) is 10.2 Å². The van der Waals surface area contributed by atoms with Crippen molar-refractivity contribution in [2.24, 2.45) is 14.1 Å². The monoisotopic (exact) mass is 1220 g/mol. The zero-order chi connectivity index (χ0) is 53.0. The van der Waals surface area contributed by atoms with Gasteiger partial charge in [-0.3, -0.25) is 9.36 Å². The lowest BCUT2D eigenvalue weighted by Crippen LogP contribution is -2.51. The number of anilines is 2. The standard InChI is InChI=1S/C19H17Cl2N5O.C19H17Cl2N5.C16H24ClIN2Si/c1-26-16(7-17(25-26)22-8-11-3-2-4-12(20)5-11)18(27)15-10-24-19-14(15)6-13(21)9-23-19;1-26-16(6-13-10-23-19-17(13)7-15(21)11-24-19)8-18(25-26)22-9-12-3-2-4-14(20)5-12;1-10(2)21(11(3)4,12(5)6)20-9-15(18)14-7-13(17)8-19-16(14)20/h2-7,9-10,18,27H,8H2,1H3,(H,22,25)(H,23,24);2-5,7-8,10-11H,6,9H2,1H3,(H,22,25)(H,23,24);7-12H,1-6H3. The number of pyridine rings is 3. The maximum absolute atomic E-state index is 10.9. The molecule has 0 radical (unpaired) electrons. The second-order valence-corrected chi connectivity index (χ2v) is 28.2.